The van der Waals surface area contributed by atoms with Gasteiger partial charge in [-0.3, -0.25) is 14.4 Å². The lowest BCUT2D eigenvalue weighted by atomic mass is 10.0. The minimum Gasteiger partial charge on any atom is -0.325 e. The number of halogens is 1. The van der Waals surface area contributed by atoms with Crippen LogP contribution in [0.1, 0.15) is 36.9 Å². The number of piperidine rings is 1. The first kappa shape index (κ1) is 18.4. The number of nitriles is 1. The summed E-state index contributed by atoms with van der Waals surface area (Å²) >= 11 is 6.04. The smallest absolute Gasteiger partial charge is 0.241 e. The number of anilines is 1. The minimum atomic E-state index is -0.260. The minimum absolute atomic E-state index is 0.0805. The average molecular weight is 372 g/mol. The Kier molecular flexibility index (Phi) is 5.60. The largest absolute Gasteiger partial charge is 0.325 e. The molecule has 0 spiro atoms. The highest BCUT2D eigenvalue weighted by atomic mass is 35.5. The summed E-state index contributed by atoms with van der Waals surface area (Å²) in [4.78, 5) is 14.8. The quantitative estimate of drug-likeness (QED) is 0.894. The Bertz CT molecular complexity index is 841. The molecule has 2 heterocycles. The maximum absolute atomic E-state index is 12.6. The van der Waals surface area contributed by atoms with Gasteiger partial charge in [0.1, 0.15) is 6.07 Å². The number of benzene rings is 1. The number of rotatable bonds is 4. The molecule has 2 aromatic rings. The summed E-state index contributed by atoms with van der Waals surface area (Å²) in [5.41, 5.74) is 2.14. The molecular formula is C19H22ClN5O. The van der Waals surface area contributed by atoms with Gasteiger partial charge in [-0.15, -0.1) is 0 Å². The third-order valence-corrected chi connectivity index (χ3v) is 5.13. The van der Waals surface area contributed by atoms with E-state index in [2.05, 4.69) is 21.5 Å². The molecule has 1 aromatic carbocycles. The van der Waals surface area contributed by atoms with E-state index in [1.165, 1.54) is 0 Å². The molecule has 0 aliphatic carbocycles. The van der Waals surface area contributed by atoms with Crippen molar-refractivity contribution in [2.45, 2.75) is 38.8 Å². The van der Waals surface area contributed by atoms with Crippen LogP contribution in [0, 0.1) is 18.3 Å². The van der Waals surface area contributed by atoms with E-state index in [1.54, 1.807) is 18.2 Å². The van der Waals surface area contributed by atoms with Crippen molar-refractivity contribution < 1.29 is 4.79 Å². The first-order valence-corrected chi connectivity index (χ1v) is 9.11. The van der Waals surface area contributed by atoms with Gasteiger partial charge in [0.05, 0.1) is 28.9 Å². The van der Waals surface area contributed by atoms with Crippen LogP contribution >= 0.6 is 11.6 Å². The first-order valence-electron chi connectivity index (χ1n) is 8.73. The Morgan fingerprint density at radius 1 is 1.50 bits per heavy atom. The highest BCUT2D eigenvalue weighted by molar-refractivity contribution is 6.32. The van der Waals surface area contributed by atoms with Crippen molar-refractivity contribution in [1.29, 1.82) is 5.26 Å². The second-order valence-corrected chi connectivity index (χ2v) is 7.17. The number of nitrogens with one attached hydrogen (secondary N) is 1. The molecule has 26 heavy (non-hydrogen) atoms. The summed E-state index contributed by atoms with van der Waals surface area (Å²) in [6.07, 6.45) is 6.02. The number of hydrogen-bond acceptors (Lipinski definition) is 4. The Morgan fingerprint density at radius 3 is 2.96 bits per heavy atom. The van der Waals surface area contributed by atoms with E-state index in [0.29, 0.717) is 16.3 Å². The second-order valence-electron chi connectivity index (χ2n) is 6.76. The van der Waals surface area contributed by atoms with Gasteiger partial charge in [0, 0.05) is 18.4 Å². The number of amides is 1. The van der Waals surface area contributed by atoms with E-state index in [1.807, 2.05) is 30.8 Å². The molecule has 1 saturated heterocycles. The van der Waals surface area contributed by atoms with Gasteiger partial charge in [0.25, 0.3) is 0 Å². The van der Waals surface area contributed by atoms with Crippen molar-refractivity contribution in [1.82, 2.24) is 14.7 Å². The summed E-state index contributed by atoms with van der Waals surface area (Å²) in [7, 11) is 0. The molecule has 1 N–H and O–H groups in total. The number of carbonyl (C=O) groups excluding carboxylic acids is 1. The number of nitrogens with zero attached hydrogens (tertiary/aromatic N) is 4. The summed E-state index contributed by atoms with van der Waals surface area (Å²) in [6, 6.07) is 6.95. The van der Waals surface area contributed by atoms with Crippen LogP contribution in [-0.4, -0.2) is 39.7 Å². The van der Waals surface area contributed by atoms with Crippen LogP contribution in [0.25, 0.3) is 0 Å². The Labute approximate surface area is 158 Å². The highest BCUT2D eigenvalue weighted by Gasteiger charge is 2.28. The predicted octanol–water partition coefficient (Wildman–Crippen LogP) is 3.38. The SMILES string of the molecule is Cc1cnn(C2CCCN(C(C)C(=O)Nc3ccc(C#N)c(Cl)c3)C2)c1. The third kappa shape index (κ3) is 4.06. The molecule has 6 nitrogen and oxygen atoms in total. The van der Waals surface area contributed by atoms with Gasteiger partial charge in [-0.2, -0.15) is 10.4 Å². The molecule has 1 fully saturated rings. The molecule has 1 aliphatic heterocycles. The fourth-order valence-corrected chi connectivity index (χ4v) is 3.50. The number of likely N-dealkylation sites (tertiary alicyclic amines) is 1. The van der Waals surface area contributed by atoms with Gasteiger partial charge in [-0.25, -0.2) is 0 Å². The van der Waals surface area contributed by atoms with Crippen molar-refractivity contribution in [3.05, 3.63) is 46.7 Å². The van der Waals surface area contributed by atoms with E-state index < -0.39 is 0 Å². The van der Waals surface area contributed by atoms with Gasteiger partial charge in [-0.05, 0) is 57.0 Å². The maximum Gasteiger partial charge on any atom is 0.241 e. The van der Waals surface area contributed by atoms with Gasteiger partial charge in [0.2, 0.25) is 5.91 Å². The van der Waals surface area contributed by atoms with Crippen LogP contribution in [0.4, 0.5) is 5.69 Å². The van der Waals surface area contributed by atoms with E-state index in [9.17, 15) is 4.79 Å². The standard InChI is InChI=1S/C19H22ClN5O/c1-13-10-22-25(11-13)17-4-3-7-24(12-17)14(2)19(26)23-16-6-5-15(9-21)18(20)8-16/h5-6,8,10-11,14,17H,3-4,7,12H2,1-2H3,(H,23,26). The number of carbonyl (C=O) groups is 1. The molecule has 1 amide bonds. The van der Waals surface area contributed by atoms with Crippen LogP contribution in [-0.2, 0) is 4.79 Å². The van der Waals surface area contributed by atoms with Crippen molar-refractivity contribution in [3.63, 3.8) is 0 Å². The summed E-state index contributed by atoms with van der Waals surface area (Å²) in [6.45, 7) is 5.63. The molecule has 1 aliphatic rings. The Morgan fingerprint density at radius 2 is 2.31 bits per heavy atom. The lowest BCUT2D eigenvalue weighted by molar-refractivity contribution is -0.121. The van der Waals surface area contributed by atoms with Crippen LogP contribution in [0.3, 0.4) is 0 Å². The van der Waals surface area contributed by atoms with Crippen LogP contribution < -0.4 is 5.32 Å². The Balaban J connectivity index is 1.64. The molecule has 136 valence electrons. The first-order chi connectivity index (χ1) is 12.5. The van der Waals surface area contributed by atoms with Gasteiger partial charge >= 0.3 is 0 Å². The molecule has 3 rings (SSSR count). The lowest BCUT2D eigenvalue weighted by Crippen LogP contribution is -2.47. The zero-order chi connectivity index (χ0) is 18.7. The third-order valence-electron chi connectivity index (χ3n) is 4.82. The van der Waals surface area contributed by atoms with Crippen LogP contribution in [0.5, 0.6) is 0 Å². The van der Waals surface area contributed by atoms with Crippen molar-refractivity contribution in [2.75, 3.05) is 18.4 Å². The second kappa shape index (κ2) is 7.90. The summed E-state index contributed by atoms with van der Waals surface area (Å²) in [5.74, 6) is -0.0805. The molecular weight excluding hydrogens is 350 g/mol. The highest BCUT2D eigenvalue weighted by Crippen LogP contribution is 2.24. The molecule has 7 heteroatoms. The van der Waals surface area contributed by atoms with Crippen molar-refractivity contribution in [3.8, 4) is 6.07 Å². The van der Waals surface area contributed by atoms with Crippen LogP contribution in [0.15, 0.2) is 30.6 Å². The lowest BCUT2D eigenvalue weighted by Gasteiger charge is -2.36. The normalized spacial score (nSPS) is 18.9. The number of hydrogen-bond donors (Lipinski definition) is 1. The van der Waals surface area contributed by atoms with Gasteiger partial charge < -0.3 is 5.32 Å². The van der Waals surface area contributed by atoms with E-state index in [4.69, 9.17) is 16.9 Å². The summed E-state index contributed by atoms with van der Waals surface area (Å²) in [5, 5.41) is 16.6. The zero-order valence-electron chi connectivity index (χ0n) is 14.9. The number of aryl methyl sites for hydroxylation is 1. The van der Waals surface area contributed by atoms with Crippen molar-refractivity contribution >= 4 is 23.2 Å². The molecule has 0 radical (unpaired) electrons. The van der Waals surface area contributed by atoms with E-state index in [0.717, 1.165) is 31.5 Å². The van der Waals surface area contributed by atoms with Crippen LogP contribution in [0.2, 0.25) is 5.02 Å². The molecule has 2 unspecified atom stereocenters. The van der Waals surface area contributed by atoms with E-state index in [-0.39, 0.29) is 18.0 Å². The monoisotopic (exact) mass is 371 g/mol. The molecule has 0 bridgehead atoms. The number of aromatic nitrogens is 2. The van der Waals surface area contributed by atoms with Gasteiger partial charge in [0.15, 0.2) is 0 Å². The summed E-state index contributed by atoms with van der Waals surface area (Å²) < 4.78 is 2.01. The molecule has 0 saturated carbocycles. The maximum atomic E-state index is 12.6. The average Bonchev–Trinajstić information content (AvgIpc) is 3.08. The predicted molar refractivity (Wildman–Crippen MR) is 101 cm³/mol. The zero-order valence-corrected chi connectivity index (χ0v) is 15.7. The van der Waals surface area contributed by atoms with Crippen molar-refractivity contribution in [2.24, 2.45) is 0 Å². The fourth-order valence-electron chi connectivity index (χ4n) is 3.28. The topological polar surface area (TPSA) is 74.0 Å². The van der Waals surface area contributed by atoms with Gasteiger partial charge in [-0.1, -0.05) is 11.6 Å². The molecule has 2 atom stereocenters. The molecule has 1 aromatic heterocycles. The van der Waals surface area contributed by atoms with E-state index >= 15 is 0 Å². The Hall–Kier alpha value is -2.36. The fraction of sp³-hybridized carbons (Fsp3) is 0.421.